The van der Waals surface area contributed by atoms with Crippen molar-refractivity contribution >= 4 is 66.5 Å². The molecule has 0 fully saturated rings. The van der Waals surface area contributed by atoms with Crippen LogP contribution in [0.4, 0.5) is 0 Å². The molecule has 2 aromatic carbocycles. The molecule has 0 unspecified atom stereocenters. The molecule has 0 heterocycles. The zero-order chi connectivity index (χ0) is 18.0. The van der Waals surface area contributed by atoms with E-state index in [0.717, 1.165) is 0 Å². The van der Waals surface area contributed by atoms with Crippen molar-refractivity contribution in [1.82, 2.24) is 5.32 Å². The van der Waals surface area contributed by atoms with Crippen molar-refractivity contribution in [1.29, 1.82) is 0 Å². The molecule has 2 aromatic rings. The fourth-order valence-corrected chi connectivity index (χ4v) is 4.77. The molecule has 128 valence electrons. The van der Waals surface area contributed by atoms with Crippen molar-refractivity contribution in [3.05, 3.63) is 64.6 Å². The van der Waals surface area contributed by atoms with Gasteiger partial charge in [-0.25, -0.2) is 8.42 Å². The number of alkyl halides is 3. The summed E-state index contributed by atoms with van der Waals surface area (Å²) in [7, 11) is -4.13. The second kappa shape index (κ2) is 7.62. The van der Waals surface area contributed by atoms with Gasteiger partial charge in [0.05, 0.1) is 4.90 Å². The lowest BCUT2D eigenvalue weighted by Gasteiger charge is -2.25. The highest BCUT2D eigenvalue weighted by Gasteiger charge is 2.44. The van der Waals surface area contributed by atoms with E-state index in [9.17, 15) is 13.2 Å². The summed E-state index contributed by atoms with van der Waals surface area (Å²) in [5.74, 6) is -0.660. The number of hydrogen-bond acceptors (Lipinski definition) is 3. The van der Waals surface area contributed by atoms with Gasteiger partial charge in [0.15, 0.2) is 5.37 Å². The summed E-state index contributed by atoms with van der Waals surface area (Å²) in [6.45, 7) is 0. The molecular formula is C15H11BrCl3NO3S. The number of halogens is 4. The zero-order valence-electron chi connectivity index (χ0n) is 11.9. The van der Waals surface area contributed by atoms with E-state index in [1.165, 1.54) is 24.3 Å². The van der Waals surface area contributed by atoms with Crippen molar-refractivity contribution in [3.63, 3.8) is 0 Å². The Morgan fingerprint density at radius 3 is 2.04 bits per heavy atom. The van der Waals surface area contributed by atoms with E-state index in [4.69, 9.17) is 34.8 Å². The molecule has 0 aliphatic heterocycles. The van der Waals surface area contributed by atoms with Crippen LogP contribution in [-0.4, -0.2) is 23.5 Å². The summed E-state index contributed by atoms with van der Waals surface area (Å²) in [5, 5.41) is 0.546. The topological polar surface area (TPSA) is 63.2 Å². The number of carbonyl (C=O) groups is 1. The first-order chi connectivity index (χ1) is 11.1. The smallest absolute Gasteiger partial charge is 0.252 e. The SMILES string of the molecule is O=C(N[C@@H](C(Cl)(Cl)Cl)S(=O)(=O)c1ccc(Br)cc1)c1ccccc1. The number of benzene rings is 2. The summed E-state index contributed by atoms with van der Waals surface area (Å²) >= 11 is 20.7. The van der Waals surface area contributed by atoms with Crippen LogP contribution in [0.3, 0.4) is 0 Å². The highest BCUT2D eigenvalue weighted by Crippen LogP contribution is 2.36. The standard InChI is InChI=1S/C15H11BrCl3NO3S/c16-11-6-8-12(9-7-11)24(22,23)14(15(17,18)19)20-13(21)10-4-2-1-3-5-10/h1-9,14H,(H,20,21)/t14-/m1/s1. The number of sulfone groups is 1. The van der Waals surface area contributed by atoms with Crippen molar-refractivity contribution in [2.45, 2.75) is 14.1 Å². The number of nitrogens with one attached hydrogen (secondary N) is 1. The average molecular weight is 472 g/mol. The van der Waals surface area contributed by atoms with E-state index in [-0.39, 0.29) is 10.5 Å². The molecule has 4 nitrogen and oxygen atoms in total. The van der Waals surface area contributed by atoms with E-state index < -0.39 is 24.9 Å². The molecule has 0 saturated heterocycles. The molecule has 1 amide bonds. The van der Waals surface area contributed by atoms with Crippen LogP contribution in [0.1, 0.15) is 10.4 Å². The van der Waals surface area contributed by atoms with Gasteiger partial charge >= 0.3 is 0 Å². The van der Waals surface area contributed by atoms with Gasteiger partial charge in [-0.3, -0.25) is 4.79 Å². The predicted octanol–water partition coefficient (Wildman–Crippen LogP) is 4.35. The molecule has 0 spiro atoms. The molecule has 1 N–H and O–H groups in total. The Bertz CT molecular complexity index is 821. The monoisotopic (exact) mass is 469 g/mol. The second-order valence-electron chi connectivity index (χ2n) is 4.76. The molecule has 0 saturated carbocycles. The molecule has 0 aliphatic carbocycles. The van der Waals surface area contributed by atoms with Crippen LogP contribution >= 0.6 is 50.7 Å². The Kier molecular flexibility index (Phi) is 6.20. The molecular weight excluding hydrogens is 460 g/mol. The van der Waals surface area contributed by atoms with Gasteiger partial charge in [-0.1, -0.05) is 68.9 Å². The predicted molar refractivity (Wildman–Crippen MR) is 99.3 cm³/mol. The molecule has 9 heteroatoms. The van der Waals surface area contributed by atoms with Gasteiger partial charge in [-0.2, -0.15) is 0 Å². The van der Waals surface area contributed by atoms with Crippen LogP contribution < -0.4 is 5.32 Å². The third kappa shape index (κ3) is 4.64. The van der Waals surface area contributed by atoms with Crippen molar-refractivity contribution < 1.29 is 13.2 Å². The Morgan fingerprint density at radius 2 is 1.54 bits per heavy atom. The number of rotatable bonds is 4. The minimum absolute atomic E-state index is 0.0737. The van der Waals surface area contributed by atoms with Crippen LogP contribution in [0, 0.1) is 0 Å². The van der Waals surface area contributed by atoms with Crippen molar-refractivity contribution in [2.24, 2.45) is 0 Å². The molecule has 1 atom stereocenters. The van der Waals surface area contributed by atoms with Gasteiger partial charge in [-0.05, 0) is 36.4 Å². The van der Waals surface area contributed by atoms with E-state index >= 15 is 0 Å². The van der Waals surface area contributed by atoms with Crippen molar-refractivity contribution in [3.8, 4) is 0 Å². The normalized spacial score (nSPS) is 13.3. The first-order valence-electron chi connectivity index (χ1n) is 6.54. The molecule has 2 rings (SSSR count). The van der Waals surface area contributed by atoms with E-state index in [1.807, 2.05) is 0 Å². The highest BCUT2D eigenvalue weighted by atomic mass is 79.9. The van der Waals surface area contributed by atoms with E-state index in [2.05, 4.69) is 21.2 Å². The second-order valence-corrected chi connectivity index (χ2v) is 10.1. The highest BCUT2D eigenvalue weighted by molar-refractivity contribution is 9.10. The fourth-order valence-electron chi connectivity index (χ4n) is 1.89. The fraction of sp³-hybridized carbons (Fsp3) is 0.133. The average Bonchev–Trinajstić information content (AvgIpc) is 2.52. The van der Waals surface area contributed by atoms with Gasteiger partial charge in [0.2, 0.25) is 13.6 Å². The quantitative estimate of drug-likeness (QED) is 0.675. The van der Waals surface area contributed by atoms with Gasteiger partial charge in [0.25, 0.3) is 5.91 Å². The maximum atomic E-state index is 12.8. The summed E-state index contributed by atoms with van der Waals surface area (Å²) in [6.07, 6.45) is 0. The number of hydrogen-bond donors (Lipinski definition) is 1. The van der Waals surface area contributed by atoms with E-state index in [1.54, 1.807) is 30.3 Å². The Morgan fingerprint density at radius 1 is 1.00 bits per heavy atom. The lowest BCUT2D eigenvalue weighted by Crippen LogP contribution is -2.49. The van der Waals surface area contributed by atoms with Crippen LogP contribution in [0.25, 0.3) is 0 Å². The molecule has 0 aromatic heterocycles. The zero-order valence-corrected chi connectivity index (χ0v) is 16.6. The first kappa shape index (κ1) is 19.5. The number of carbonyl (C=O) groups excluding carboxylic acids is 1. The van der Waals surface area contributed by atoms with E-state index in [0.29, 0.717) is 4.47 Å². The van der Waals surface area contributed by atoms with Crippen LogP contribution in [-0.2, 0) is 9.84 Å². The minimum Gasteiger partial charge on any atom is -0.332 e. The Balaban J connectivity index is 2.39. The first-order valence-corrected chi connectivity index (χ1v) is 10.0. The lowest BCUT2D eigenvalue weighted by molar-refractivity contribution is 0.0948. The van der Waals surface area contributed by atoms with Gasteiger partial charge < -0.3 is 5.32 Å². The summed E-state index contributed by atoms with van der Waals surface area (Å²) < 4.78 is 24.0. The molecule has 0 bridgehead atoms. The third-order valence-electron chi connectivity index (χ3n) is 3.05. The van der Waals surface area contributed by atoms with Gasteiger partial charge in [0, 0.05) is 10.0 Å². The molecule has 0 aliphatic rings. The largest absolute Gasteiger partial charge is 0.332 e. The minimum atomic E-state index is -4.13. The van der Waals surface area contributed by atoms with Crippen molar-refractivity contribution in [2.75, 3.05) is 0 Å². The molecule has 0 radical (unpaired) electrons. The Hall–Kier alpha value is -0.790. The van der Waals surface area contributed by atoms with Gasteiger partial charge in [-0.15, -0.1) is 0 Å². The maximum Gasteiger partial charge on any atom is 0.252 e. The Labute approximate surface area is 163 Å². The summed E-state index contributed by atoms with van der Waals surface area (Å²) in [4.78, 5) is 12.2. The number of amides is 1. The van der Waals surface area contributed by atoms with Crippen LogP contribution in [0.5, 0.6) is 0 Å². The van der Waals surface area contributed by atoms with Gasteiger partial charge in [0.1, 0.15) is 0 Å². The third-order valence-corrected chi connectivity index (χ3v) is 6.64. The summed E-state index contributed by atoms with van der Waals surface area (Å²) in [5.41, 5.74) is 0.253. The van der Waals surface area contributed by atoms with Crippen LogP contribution in [0.2, 0.25) is 0 Å². The molecule has 24 heavy (non-hydrogen) atoms. The lowest BCUT2D eigenvalue weighted by atomic mass is 10.2. The van der Waals surface area contributed by atoms with Crippen LogP contribution in [0.15, 0.2) is 64.0 Å². The summed E-state index contributed by atoms with van der Waals surface area (Å²) in [6, 6.07) is 13.9. The maximum absolute atomic E-state index is 12.8.